The van der Waals surface area contributed by atoms with Crippen molar-refractivity contribution in [1.82, 2.24) is 20.1 Å². The maximum absolute atomic E-state index is 12.3. The van der Waals surface area contributed by atoms with E-state index in [1.54, 1.807) is 0 Å². The molecule has 3 aromatic rings. The van der Waals surface area contributed by atoms with Gasteiger partial charge in [0.05, 0.1) is 18.4 Å². The molecular weight excluding hydrogens is 456 g/mol. The Morgan fingerprint density at radius 3 is 2.83 bits per heavy atom. The summed E-state index contributed by atoms with van der Waals surface area (Å²) in [5, 5.41) is 12.2. The number of nitrogens with zero attached hydrogens (tertiary/aromatic N) is 3. The Hall–Kier alpha value is -2.10. The fourth-order valence-corrected chi connectivity index (χ4v) is 4.21. The van der Waals surface area contributed by atoms with Crippen molar-refractivity contribution in [2.24, 2.45) is 0 Å². The van der Waals surface area contributed by atoms with E-state index in [2.05, 4.69) is 31.4 Å². The monoisotopic (exact) mass is 476 g/mol. The molecule has 1 N–H and O–H groups in total. The highest BCUT2D eigenvalue weighted by Gasteiger charge is 2.20. The van der Waals surface area contributed by atoms with Crippen LogP contribution in [0.25, 0.3) is 11.6 Å². The zero-order valence-corrected chi connectivity index (χ0v) is 18.1. The van der Waals surface area contributed by atoms with Gasteiger partial charge in [0, 0.05) is 13.2 Å². The van der Waals surface area contributed by atoms with E-state index in [9.17, 15) is 4.79 Å². The van der Waals surface area contributed by atoms with Gasteiger partial charge in [-0.15, -0.1) is 10.2 Å². The van der Waals surface area contributed by atoms with Crippen molar-refractivity contribution in [1.29, 1.82) is 0 Å². The van der Waals surface area contributed by atoms with Gasteiger partial charge in [-0.05, 0) is 46.5 Å². The lowest BCUT2D eigenvalue weighted by Crippen LogP contribution is -2.32. The summed E-state index contributed by atoms with van der Waals surface area (Å²) in [5.41, 5.74) is 1.11. The fraction of sp³-hybridized carbons (Fsp3) is 0.350. The lowest BCUT2D eigenvalue weighted by Gasteiger charge is -2.11. The Morgan fingerprint density at radius 2 is 2.10 bits per heavy atom. The average molecular weight is 477 g/mol. The number of hydrogen-bond donors (Lipinski definition) is 1. The highest BCUT2D eigenvalue weighted by atomic mass is 79.9. The molecule has 4 rings (SSSR count). The van der Waals surface area contributed by atoms with Gasteiger partial charge in [-0.2, -0.15) is 0 Å². The molecule has 1 aliphatic rings. The maximum Gasteiger partial charge on any atom is 0.230 e. The minimum atomic E-state index is -0.0398. The summed E-state index contributed by atoms with van der Waals surface area (Å²) in [6.45, 7) is 1.92. The van der Waals surface area contributed by atoms with E-state index in [4.69, 9.17) is 9.15 Å². The summed E-state index contributed by atoms with van der Waals surface area (Å²) in [6.07, 6.45) is 2.19. The van der Waals surface area contributed by atoms with Gasteiger partial charge in [0.15, 0.2) is 15.6 Å². The normalized spacial score (nSPS) is 16.2. The SMILES string of the molecule is O=C(CSc1nnc(-c2ccc(Br)o2)n1Cc1ccccc1)NCC1CCCO1. The molecule has 1 unspecified atom stereocenters. The van der Waals surface area contributed by atoms with Crippen molar-refractivity contribution in [3.63, 3.8) is 0 Å². The van der Waals surface area contributed by atoms with Crippen LogP contribution in [-0.2, 0) is 16.1 Å². The second-order valence-corrected chi connectivity index (χ2v) is 8.43. The number of hydrogen-bond acceptors (Lipinski definition) is 6. The van der Waals surface area contributed by atoms with E-state index in [1.807, 2.05) is 47.0 Å². The topological polar surface area (TPSA) is 82.2 Å². The van der Waals surface area contributed by atoms with Crippen molar-refractivity contribution in [3.8, 4) is 11.6 Å². The van der Waals surface area contributed by atoms with Crippen LogP contribution in [-0.4, -0.2) is 45.7 Å². The second-order valence-electron chi connectivity index (χ2n) is 6.71. The first-order valence-electron chi connectivity index (χ1n) is 9.43. The molecule has 2 aromatic heterocycles. The van der Waals surface area contributed by atoms with Gasteiger partial charge < -0.3 is 14.5 Å². The van der Waals surface area contributed by atoms with Crippen molar-refractivity contribution >= 4 is 33.6 Å². The Morgan fingerprint density at radius 1 is 1.24 bits per heavy atom. The highest BCUT2D eigenvalue weighted by molar-refractivity contribution is 9.10. The minimum absolute atomic E-state index is 0.0398. The van der Waals surface area contributed by atoms with Crippen LogP contribution in [0.1, 0.15) is 18.4 Å². The number of thioether (sulfide) groups is 1. The zero-order chi connectivity index (χ0) is 20.1. The van der Waals surface area contributed by atoms with Gasteiger partial charge in [0.2, 0.25) is 11.7 Å². The first-order valence-corrected chi connectivity index (χ1v) is 11.2. The number of carbonyl (C=O) groups excluding carboxylic acids is 1. The molecule has 0 radical (unpaired) electrons. The molecule has 1 fully saturated rings. The molecule has 1 amide bonds. The van der Waals surface area contributed by atoms with Crippen molar-refractivity contribution in [2.75, 3.05) is 18.9 Å². The molecule has 0 aliphatic carbocycles. The molecule has 1 aromatic carbocycles. The molecule has 1 saturated heterocycles. The van der Waals surface area contributed by atoms with Gasteiger partial charge >= 0.3 is 0 Å². The second kappa shape index (κ2) is 9.60. The number of carbonyl (C=O) groups is 1. The van der Waals surface area contributed by atoms with Crippen LogP contribution in [0.3, 0.4) is 0 Å². The van der Waals surface area contributed by atoms with Crippen molar-refractivity contribution in [3.05, 3.63) is 52.7 Å². The third kappa shape index (κ3) is 5.29. The first-order chi connectivity index (χ1) is 14.2. The van der Waals surface area contributed by atoms with E-state index in [1.165, 1.54) is 11.8 Å². The van der Waals surface area contributed by atoms with Crippen molar-refractivity contribution < 1.29 is 13.9 Å². The molecule has 0 bridgehead atoms. The number of halogens is 1. The van der Waals surface area contributed by atoms with Gasteiger partial charge in [-0.3, -0.25) is 9.36 Å². The van der Waals surface area contributed by atoms with E-state index < -0.39 is 0 Å². The van der Waals surface area contributed by atoms with Crippen molar-refractivity contribution in [2.45, 2.75) is 30.6 Å². The Bertz CT molecular complexity index is 954. The Labute approximate surface area is 181 Å². The highest BCUT2D eigenvalue weighted by Crippen LogP contribution is 2.28. The summed E-state index contributed by atoms with van der Waals surface area (Å²) in [5.74, 6) is 1.47. The summed E-state index contributed by atoms with van der Waals surface area (Å²) in [4.78, 5) is 12.3. The molecule has 0 spiro atoms. The fourth-order valence-electron chi connectivity index (χ4n) is 3.13. The minimum Gasteiger partial charge on any atom is -0.446 e. The van der Waals surface area contributed by atoms with Gasteiger partial charge in [0.1, 0.15) is 0 Å². The van der Waals surface area contributed by atoms with E-state index in [-0.39, 0.29) is 17.8 Å². The smallest absolute Gasteiger partial charge is 0.230 e. The number of rotatable bonds is 8. The predicted octanol–water partition coefficient (Wildman–Crippen LogP) is 3.74. The van der Waals surface area contributed by atoms with Crippen LogP contribution in [0, 0.1) is 0 Å². The molecule has 3 heterocycles. The summed E-state index contributed by atoms with van der Waals surface area (Å²) in [7, 11) is 0. The van der Waals surface area contributed by atoms with Crippen LogP contribution in [0.5, 0.6) is 0 Å². The quantitative estimate of drug-likeness (QED) is 0.498. The number of benzene rings is 1. The maximum atomic E-state index is 12.3. The van der Waals surface area contributed by atoms with E-state index in [0.717, 1.165) is 25.0 Å². The predicted molar refractivity (Wildman–Crippen MR) is 114 cm³/mol. The zero-order valence-electron chi connectivity index (χ0n) is 15.7. The third-order valence-electron chi connectivity index (χ3n) is 4.58. The number of aromatic nitrogens is 3. The molecule has 9 heteroatoms. The first kappa shape index (κ1) is 20.2. The molecule has 1 atom stereocenters. The van der Waals surface area contributed by atoms with Crippen LogP contribution in [0.2, 0.25) is 0 Å². The number of amides is 1. The number of nitrogens with one attached hydrogen (secondary N) is 1. The number of ether oxygens (including phenoxy) is 1. The van der Waals surface area contributed by atoms with E-state index in [0.29, 0.717) is 34.5 Å². The largest absolute Gasteiger partial charge is 0.446 e. The van der Waals surface area contributed by atoms with Gasteiger partial charge in [0.25, 0.3) is 0 Å². The molecule has 7 nitrogen and oxygen atoms in total. The van der Waals surface area contributed by atoms with Gasteiger partial charge in [-0.25, -0.2) is 0 Å². The lowest BCUT2D eigenvalue weighted by atomic mass is 10.2. The Kier molecular flexibility index (Phi) is 6.68. The van der Waals surface area contributed by atoms with Crippen LogP contribution in [0.4, 0.5) is 0 Å². The molecule has 29 heavy (non-hydrogen) atoms. The molecule has 1 aliphatic heterocycles. The summed E-state index contributed by atoms with van der Waals surface area (Å²) >= 11 is 4.69. The molecular formula is C20H21BrN4O3S. The van der Waals surface area contributed by atoms with Gasteiger partial charge in [-0.1, -0.05) is 42.1 Å². The van der Waals surface area contributed by atoms with Crippen LogP contribution >= 0.6 is 27.7 Å². The Balaban J connectivity index is 1.46. The summed E-state index contributed by atoms with van der Waals surface area (Å²) < 4.78 is 13.8. The molecule has 152 valence electrons. The van der Waals surface area contributed by atoms with Crippen LogP contribution in [0.15, 0.2) is 56.7 Å². The average Bonchev–Trinajstić information content (AvgIpc) is 3.47. The lowest BCUT2D eigenvalue weighted by molar-refractivity contribution is -0.119. The number of furan rings is 1. The van der Waals surface area contributed by atoms with E-state index >= 15 is 0 Å². The standard InChI is InChI=1S/C20H21BrN4O3S/c21-17-9-8-16(28-17)19-23-24-20(25(19)12-14-5-2-1-3-6-14)29-13-18(26)22-11-15-7-4-10-27-15/h1-3,5-6,8-9,15H,4,7,10-13H2,(H,22,26). The third-order valence-corrected chi connectivity index (χ3v) is 5.97. The summed E-state index contributed by atoms with van der Waals surface area (Å²) in [6, 6.07) is 13.7. The molecule has 0 saturated carbocycles. The van der Waals surface area contributed by atoms with Crippen LogP contribution < -0.4 is 5.32 Å².